The highest BCUT2D eigenvalue weighted by Gasteiger charge is 2.30. The number of hydrogen-bond donors (Lipinski definition) is 1. The Morgan fingerprint density at radius 3 is 3.07 bits per heavy atom. The van der Waals surface area contributed by atoms with Crippen molar-refractivity contribution in [3.05, 3.63) is 16.6 Å². The van der Waals surface area contributed by atoms with Gasteiger partial charge in [0.1, 0.15) is 0 Å². The van der Waals surface area contributed by atoms with E-state index in [9.17, 15) is 8.42 Å². The third-order valence-corrected chi connectivity index (χ3v) is 5.67. The maximum Gasteiger partial charge on any atom is 0.154 e. The van der Waals surface area contributed by atoms with Crippen LogP contribution in [0.25, 0.3) is 0 Å². The smallest absolute Gasteiger partial charge is 0.154 e. The molecule has 0 aromatic carbocycles. The molecule has 1 fully saturated rings. The molecule has 4 nitrogen and oxygen atoms in total. The lowest BCUT2D eigenvalue weighted by Crippen LogP contribution is -2.29. The van der Waals surface area contributed by atoms with Gasteiger partial charge in [0.25, 0.3) is 0 Å². The molecule has 15 heavy (non-hydrogen) atoms. The van der Waals surface area contributed by atoms with Gasteiger partial charge in [-0.3, -0.25) is 4.98 Å². The van der Waals surface area contributed by atoms with Crippen LogP contribution in [-0.2, 0) is 16.4 Å². The summed E-state index contributed by atoms with van der Waals surface area (Å²) in [6.45, 7) is 1.29. The maximum absolute atomic E-state index is 11.5. The summed E-state index contributed by atoms with van der Waals surface area (Å²) in [5.74, 6) is 0.361. The summed E-state index contributed by atoms with van der Waals surface area (Å²) >= 11 is 1.58. The third kappa shape index (κ3) is 2.76. The highest BCUT2D eigenvalue weighted by Crippen LogP contribution is 2.19. The molecule has 0 aliphatic carbocycles. The molecule has 6 heteroatoms. The minimum Gasteiger partial charge on any atom is -0.311 e. The first kappa shape index (κ1) is 11.0. The molecule has 0 radical (unpaired) electrons. The van der Waals surface area contributed by atoms with Crippen molar-refractivity contribution in [3.63, 3.8) is 0 Å². The topological polar surface area (TPSA) is 59.1 Å². The van der Waals surface area contributed by atoms with Gasteiger partial charge in [0.2, 0.25) is 0 Å². The number of aromatic nitrogens is 1. The highest BCUT2D eigenvalue weighted by molar-refractivity contribution is 7.92. The Bertz CT molecular complexity index is 400. The summed E-state index contributed by atoms with van der Waals surface area (Å²) in [5.41, 5.74) is 1.78. The molecule has 0 spiro atoms. The second-order valence-electron chi connectivity index (χ2n) is 3.73. The number of nitrogens with zero attached hydrogens (tertiary/aromatic N) is 1. The molecule has 0 saturated carbocycles. The van der Waals surface area contributed by atoms with E-state index in [1.54, 1.807) is 23.0 Å². The first-order chi connectivity index (χ1) is 7.18. The summed E-state index contributed by atoms with van der Waals surface area (Å²) in [6, 6.07) is 0. The Kier molecular flexibility index (Phi) is 3.38. The summed E-state index contributed by atoms with van der Waals surface area (Å²) < 4.78 is 23.0. The van der Waals surface area contributed by atoms with Gasteiger partial charge in [0, 0.05) is 24.2 Å². The van der Waals surface area contributed by atoms with E-state index in [1.807, 2.05) is 0 Å². The summed E-state index contributed by atoms with van der Waals surface area (Å²) in [6.07, 6.45) is 3.42. The molecule has 0 amide bonds. The van der Waals surface area contributed by atoms with E-state index in [1.165, 1.54) is 0 Å². The van der Waals surface area contributed by atoms with Crippen molar-refractivity contribution in [2.45, 2.75) is 24.6 Å². The Morgan fingerprint density at radius 1 is 1.60 bits per heavy atom. The fraction of sp³-hybridized carbons (Fsp3) is 0.667. The molecule has 1 saturated heterocycles. The first-order valence-corrected chi connectivity index (χ1v) is 7.57. The minimum absolute atomic E-state index is 0.176. The lowest BCUT2D eigenvalue weighted by atomic mass is 10.2. The van der Waals surface area contributed by atoms with Crippen molar-refractivity contribution in [1.82, 2.24) is 10.3 Å². The Balaban J connectivity index is 1.79. The zero-order valence-corrected chi connectivity index (χ0v) is 9.98. The first-order valence-electron chi connectivity index (χ1n) is 4.98. The molecular weight excluding hydrogens is 232 g/mol. The zero-order valence-electron chi connectivity index (χ0n) is 8.35. The Labute approximate surface area is 93.7 Å². The molecule has 1 aromatic heterocycles. The average molecular weight is 246 g/mol. The van der Waals surface area contributed by atoms with Gasteiger partial charge >= 0.3 is 0 Å². The standard InChI is InChI=1S/C9H14N2O2S2/c12-15(13)3-1-2-9(15)6-10-4-8-5-11-7-14-8/h5,7,9-10H,1-4,6H2. The average Bonchev–Trinajstić information content (AvgIpc) is 2.77. The van der Waals surface area contributed by atoms with E-state index in [-0.39, 0.29) is 5.25 Å². The number of hydrogen-bond acceptors (Lipinski definition) is 5. The molecule has 1 aliphatic heterocycles. The molecule has 1 aromatic rings. The van der Waals surface area contributed by atoms with Crippen LogP contribution < -0.4 is 5.32 Å². The molecular formula is C9H14N2O2S2. The van der Waals surface area contributed by atoms with E-state index in [2.05, 4.69) is 10.3 Å². The van der Waals surface area contributed by atoms with Gasteiger partial charge in [0.15, 0.2) is 9.84 Å². The lowest BCUT2D eigenvalue weighted by Gasteiger charge is -2.09. The van der Waals surface area contributed by atoms with E-state index < -0.39 is 9.84 Å². The SMILES string of the molecule is O=S1(=O)CCCC1CNCc1cncs1. The Hall–Kier alpha value is -0.460. The predicted octanol–water partition coefficient (Wildman–Crippen LogP) is 0.810. The normalized spacial score (nSPS) is 24.4. The van der Waals surface area contributed by atoms with Crippen LogP contribution in [0.5, 0.6) is 0 Å². The lowest BCUT2D eigenvalue weighted by molar-refractivity contribution is 0.574. The number of rotatable bonds is 4. The molecule has 2 heterocycles. The van der Waals surface area contributed by atoms with Gasteiger partial charge < -0.3 is 5.32 Å². The maximum atomic E-state index is 11.5. The second-order valence-corrected chi connectivity index (χ2v) is 7.10. The largest absolute Gasteiger partial charge is 0.311 e. The van der Waals surface area contributed by atoms with Crippen LogP contribution in [0.3, 0.4) is 0 Å². The molecule has 84 valence electrons. The van der Waals surface area contributed by atoms with E-state index in [4.69, 9.17) is 0 Å². The van der Waals surface area contributed by atoms with Crippen LogP contribution in [-0.4, -0.2) is 30.9 Å². The second kappa shape index (κ2) is 4.59. The molecule has 1 unspecified atom stereocenters. The quantitative estimate of drug-likeness (QED) is 0.854. The van der Waals surface area contributed by atoms with Crippen LogP contribution in [0.15, 0.2) is 11.7 Å². The zero-order chi connectivity index (χ0) is 10.7. The van der Waals surface area contributed by atoms with Crippen molar-refractivity contribution >= 4 is 21.2 Å². The van der Waals surface area contributed by atoms with Crippen molar-refractivity contribution in [1.29, 1.82) is 0 Å². The van der Waals surface area contributed by atoms with Gasteiger partial charge in [-0.1, -0.05) is 0 Å². The van der Waals surface area contributed by atoms with Crippen LogP contribution in [0.4, 0.5) is 0 Å². The van der Waals surface area contributed by atoms with Gasteiger partial charge in [-0.25, -0.2) is 8.42 Å². The summed E-state index contributed by atoms with van der Waals surface area (Å²) in [4.78, 5) is 5.11. The summed E-state index contributed by atoms with van der Waals surface area (Å²) in [7, 11) is -2.80. The number of nitrogens with one attached hydrogen (secondary N) is 1. The van der Waals surface area contributed by atoms with Crippen LogP contribution in [0.2, 0.25) is 0 Å². The van der Waals surface area contributed by atoms with Crippen LogP contribution in [0, 0.1) is 0 Å². The van der Waals surface area contributed by atoms with Crippen molar-refractivity contribution < 1.29 is 8.42 Å². The summed E-state index contributed by atoms with van der Waals surface area (Å²) in [5, 5.41) is 3.00. The minimum atomic E-state index is -2.80. The van der Waals surface area contributed by atoms with Gasteiger partial charge in [-0.05, 0) is 12.8 Å². The molecule has 0 bridgehead atoms. The van der Waals surface area contributed by atoms with Gasteiger partial charge in [0.05, 0.1) is 16.5 Å². The number of sulfone groups is 1. The fourth-order valence-corrected chi connectivity index (χ4v) is 4.14. The van der Waals surface area contributed by atoms with E-state index in [0.717, 1.165) is 24.3 Å². The van der Waals surface area contributed by atoms with Gasteiger partial charge in [-0.2, -0.15) is 0 Å². The number of thiazole rings is 1. The molecule has 1 N–H and O–H groups in total. The van der Waals surface area contributed by atoms with E-state index >= 15 is 0 Å². The van der Waals surface area contributed by atoms with Crippen molar-refractivity contribution in [2.75, 3.05) is 12.3 Å². The highest BCUT2D eigenvalue weighted by atomic mass is 32.2. The molecule has 2 rings (SSSR count). The fourth-order valence-electron chi connectivity index (χ4n) is 1.77. The van der Waals surface area contributed by atoms with Crippen molar-refractivity contribution in [3.8, 4) is 0 Å². The monoisotopic (exact) mass is 246 g/mol. The van der Waals surface area contributed by atoms with Crippen LogP contribution >= 0.6 is 11.3 Å². The molecule has 1 atom stereocenters. The predicted molar refractivity (Wildman–Crippen MR) is 60.6 cm³/mol. The van der Waals surface area contributed by atoms with Gasteiger partial charge in [-0.15, -0.1) is 11.3 Å². The van der Waals surface area contributed by atoms with Crippen LogP contribution in [0.1, 0.15) is 17.7 Å². The van der Waals surface area contributed by atoms with Crippen molar-refractivity contribution in [2.24, 2.45) is 0 Å². The Morgan fingerprint density at radius 2 is 2.47 bits per heavy atom. The molecule has 1 aliphatic rings. The van der Waals surface area contributed by atoms with E-state index in [0.29, 0.717) is 12.3 Å². The third-order valence-electron chi connectivity index (χ3n) is 2.62.